The molecule has 1 aliphatic carbocycles. The predicted octanol–water partition coefficient (Wildman–Crippen LogP) is 2.34. The van der Waals surface area contributed by atoms with Gasteiger partial charge in [-0.15, -0.1) is 11.3 Å². The van der Waals surface area contributed by atoms with Gasteiger partial charge in [0.25, 0.3) is 5.91 Å². The third-order valence-electron chi connectivity index (χ3n) is 3.56. The second-order valence-corrected chi connectivity index (χ2v) is 6.21. The normalized spacial score (nSPS) is 20.0. The maximum atomic E-state index is 12.1. The lowest BCUT2D eigenvalue weighted by Gasteiger charge is -2.35. The minimum atomic E-state index is -1.03. The van der Waals surface area contributed by atoms with Gasteiger partial charge in [-0.25, -0.2) is 9.78 Å². The highest BCUT2D eigenvalue weighted by Crippen LogP contribution is 2.26. The van der Waals surface area contributed by atoms with Gasteiger partial charge < -0.3 is 15.7 Å². The fourth-order valence-corrected chi connectivity index (χ4v) is 3.21. The molecule has 1 aromatic carbocycles. The number of nitrogens with zero attached hydrogens (tertiary/aromatic N) is 1. The summed E-state index contributed by atoms with van der Waals surface area (Å²) < 4.78 is 0. The lowest BCUT2D eigenvalue weighted by atomic mass is 9.87. The van der Waals surface area contributed by atoms with Crippen molar-refractivity contribution in [2.45, 2.75) is 24.9 Å². The molecule has 3 N–H and O–H groups in total. The van der Waals surface area contributed by atoms with E-state index in [2.05, 4.69) is 15.6 Å². The molecule has 22 heavy (non-hydrogen) atoms. The summed E-state index contributed by atoms with van der Waals surface area (Å²) >= 11 is 1.35. The van der Waals surface area contributed by atoms with Crippen LogP contribution in [0, 0.1) is 0 Å². The van der Waals surface area contributed by atoms with E-state index in [0.29, 0.717) is 17.8 Å². The van der Waals surface area contributed by atoms with Crippen molar-refractivity contribution in [1.29, 1.82) is 0 Å². The zero-order valence-corrected chi connectivity index (χ0v) is 12.5. The quantitative estimate of drug-likeness (QED) is 0.807. The average Bonchev–Trinajstić information content (AvgIpc) is 2.95. The van der Waals surface area contributed by atoms with Crippen molar-refractivity contribution in [1.82, 2.24) is 15.6 Å². The summed E-state index contributed by atoms with van der Waals surface area (Å²) in [6.07, 6.45) is 1.91. The van der Waals surface area contributed by atoms with Gasteiger partial charge >= 0.3 is 6.09 Å². The molecule has 6 nitrogen and oxygen atoms in total. The third kappa shape index (κ3) is 3.25. The van der Waals surface area contributed by atoms with Gasteiger partial charge in [0.2, 0.25) is 0 Å². The molecular formula is C15H15N3O3S. The van der Waals surface area contributed by atoms with Crippen LogP contribution in [0.4, 0.5) is 4.79 Å². The molecule has 0 atom stereocenters. The SMILES string of the molecule is O=C(O)N[C@H]1C[C@H](NC(=O)c2ncc(-c3ccccc3)s2)C1. The Balaban J connectivity index is 1.56. The van der Waals surface area contributed by atoms with E-state index in [9.17, 15) is 9.59 Å². The van der Waals surface area contributed by atoms with Gasteiger partial charge in [0.05, 0.1) is 4.88 Å². The average molecular weight is 317 g/mol. The minimum Gasteiger partial charge on any atom is -0.465 e. The van der Waals surface area contributed by atoms with Crippen molar-refractivity contribution >= 4 is 23.3 Å². The van der Waals surface area contributed by atoms with E-state index in [-0.39, 0.29) is 18.0 Å². The number of thiazole rings is 1. The highest BCUT2D eigenvalue weighted by molar-refractivity contribution is 7.16. The van der Waals surface area contributed by atoms with Crippen molar-refractivity contribution in [2.24, 2.45) is 0 Å². The topological polar surface area (TPSA) is 91.3 Å². The summed E-state index contributed by atoms with van der Waals surface area (Å²) in [4.78, 5) is 27.7. The Bertz CT molecular complexity index is 680. The second-order valence-electron chi connectivity index (χ2n) is 5.18. The minimum absolute atomic E-state index is 0.00780. The molecule has 1 aliphatic rings. The molecule has 114 valence electrons. The van der Waals surface area contributed by atoms with Gasteiger partial charge in [-0.3, -0.25) is 4.79 Å². The number of carboxylic acid groups (broad SMARTS) is 1. The highest BCUT2D eigenvalue weighted by Gasteiger charge is 2.32. The van der Waals surface area contributed by atoms with Gasteiger partial charge in [-0.1, -0.05) is 30.3 Å². The zero-order chi connectivity index (χ0) is 15.5. The van der Waals surface area contributed by atoms with E-state index >= 15 is 0 Å². The van der Waals surface area contributed by atoms with Gasteiger partial charge in [0.1, 0.15) is 0 Å². The van der Waals surface area contributed by atoms with Crippen LogP contribution < -0.4 is 10.6 Å². The first-order valence-electron chi connectivity index (χ1n) is 6.93. The van der Waals surface area contributed by atoms with E-state index in [0.717, 1.165) is 10.4 Å². The molecule has 0 unspecified atom stereocenters. The molecule has 0 saturated heterocycles. The number of hydrogen-bond donors (Lipinski definition) is 3. The van der Waals surface area contributed by atoms with Gasteiger partial charge in [-0.2, -0.15) is 0 Å². The summed E-state index contributed by atoms with van der Waals surface area (Å²) in [5, 5.41) is 14.3. The molecule has 0 radical (unpaired) electrons. The maximum Gasteiger partial charge on any atom is 0.404 e. The second kappa shape index (κ2) is 6.15. The Kier molecular flexibility index (Phi) is 4.06. The third-order valence-corrected chi connectivity index (χ3v) is 4.60. The van der Waals surface area contributed by atoms with Crippen LogP contribution in [-0.2, 0) is 0 Å². The number of carbonyl (C=O) groups is 2. The lowest BCUT2D eigenvalue weighted by Crippen LogP contribution is -2.53. The fraction of sp³-hybridized carbons (Fsp3) is 0.267. The molecule has 1 saturated carbocycles. The largest absolute Gasteiger partial charge is 0.465 e. The summed E-state index contributed by atoms with van der Waals surface area (Å²) in [5.74, 6) is -0.203. The Morgan fingerprint density at radius 3 is 2.50 bits per heavy atom. The first-order chi connectivity index (χ1) is 10.6. The smallest absolute Gasteiger partial charge is 0.404 e. The molecule has 1 heterocycles. The Labute approximate surface area is 131 Å². The summed E-state index contributed by atoms with van der Waals surface area (Å²) in [7, 11) is 0. The number of hydrogen-bond acceptors (Lipinski definition) is 4. The first kappa shape index (κ1) is 14.5. The summed E-state index contributed by atoms with van der Waals surface area (Å²) in [6, 6.07) is 9.72. The maximum absolute atomic E-state index is 12.1. The molecule has 0 aliphatic heterocycles. The number of amides is 2. The van der Waals surface area contributed by atoms with Crippen LogP contribution in [0.1, 0.15) is 22.6 Å². The van der Waals surface area contributed by atoms with Crippen LogP contribution in [0.3, 0.4) is 0 Å². The van der Waals surface area contributed by atoms with Gasteiger partial charge in [-0.05, 0) is 18.4 Å². The van der Waals surface area contributed by atoms with E-state index in [1.165, 1.54) is 11.3 Å². The molecule has 1 fully saturated rings. The standard InChI is InChI=1S/C15H15N3O3S/c19-13(17-10-6-11(7-10)18-15(20)21)14-16-8-12(22-14)9-4-2-1-3-5-9/h1-5,8,10-11,18H,6-7H2,(H,17,19)(H,20,21)/t10-,11-. The molecule has 7 heteroatoms. The zero-order valence-electron chi connectivity index (χ0n) is 11.7. The monoisotopic (exact) mass is 317 g/mol. The fourth-order valence-electron chi connectivity index (χ4n) is 2.39. The van der Waals surface area contributed by atoms with Crippen LogP contribution in [0.15, 0.2) is 36.5 Å². The van der Waals surface area contributed by atoms with Crippen molar-refractivity contribution in [3.05, 3.63) is 41.5 Å². The first-order valence-corrected chi connectivity index (χ1v) is 7.75. The molecule has 0 spiro atoms. The van der Waals surface area contributed by atoms with Crippen molar-refractivity contribution in [3.8, 4) is 10.4 Å². The van der Waals surface area contributed by atoms with Crippen LogP contribution in [0.2, 0.25) is 0 Å². The van der Waals surface area contributed by atoms with Crippen molar-refractivity contribution in [3.63, 3.8) is 0 Å². The van der Waals surface area contributed by atoms with Gasteiger partial charge in [0, 0.05) is 18.3 Å². The number of carbonyl (C=O) groups excluding carboxylic acids is 1. The summed E-state index contributed by atoms with van der Waals surface area (Å²) in [5.41, 5.74) is 1.04. The summed E-state index contributed by atoms with van der Waals surface area (Å²) in [6.45, 7) is 0. The van der Waals surface area contributed by atoms with Crippen LogP contribution in [0.5, 0.6) is 0 Å². The van der Waals surface area contributed by atoms with E-state index in [1.54, 1.807) is 6.20 Å². The van der Waals surface area contributed by atoms with Crippen LogP contribution in [0.25, 0.3) is 10.4 Å². The van der Waals surface area contributed by atoms with Crippen molar-refractivity contribution < 1.29 is 14.7 Å². The molecule has 3 rings (SSSR count). The van der Waals surface area contributed by atoms with Crippen LogP contribution in [-0.4, -0.2) is 34.2 Å². The van der Waals surface area contributed by atoms with Crippen LogP contribution >= 0.6 is 11.3 Å². The molecular weight excluding hydrogens is 302 g/mol. The van der Waals surface area contributed by atoms with E-state index < -0.39 is 6.09 Å². The molecule has 0 bridgehead atoms. The number of benzene rings is 1. The molecule has 1 aromatic heterocycles. The highest BCUT2D eigenvalue weighted by atomic mass is 32.1. The number of aromatic nitrogens is 1. The van der Waals surface area contributed by atoms with E-state index in [1.807, 2.05) is 30.3 Å². The number of rotatable bonds is 4. The van der Waals surface area contributed by atoms with E-state index in [4.69, 9.17) is 5.11 Å². The molecule has 2 aromatic rings. The predicted molar refractivity (Wildman–Crippen MR) is 83.0 cm³/mol. The number of nitrogens with one attached hydrogen (secondary N) is 2. The van der Waals surface area contributed by atoms with Gasteiger partial charge in [0.15, 0.2) is 5.01 Å². The Morgan fingerprint density at radius 2 is 1.82 bits per heavy atom. The van der Waals surface area contributed by atoms with Crippen molar-refractivity contribution in [2.75, 3.05) is 0 Å². The lowest BCUT2D eigenvalue weighted by molar-refractivity contribution is 0.0902. The Morgan fingerprint density at radius 1 is 1.14 bits per heavy atom. The Hall–Kier alpha value is -2.41. The molecule has 2 amide bonds.